The number of halogens is 1. The summed E-state index contributed by atoms with van der Waals surface area (Å²) in [5.74, 6) is 0.225. The number of hydrogen-bond acceptors (Lipinski definition) is 3. The minimum absolute atomic E-state index is 0.215. The normalized spacial score (nSPS) is 11.0. The Hall–Kier alpha value is -2.07. The molecule has 5 heteroatoms. The monoisotopic (exact) mass is 259 g/mol. The van der Waals surface area contributed by atoms with Crippen molar-refractivity contribution in [2.24, 2.45) is 7.05 Å². The highest BCUT2D eigenvalue weighted by Gasteiger charge is 2.11. The van der Waals surface area contributed by atoms with Gasteiger partial charge in [0.1, 0.15) is 11.4 Å². The standard InChI is InChI=1S/C13H10ClN3O/c1-17-7-6-10-11(15-13(14)16-12(10)17)8-2-4-9(18)5-3-8/h2-7,18H,1H3. The van der Waals surface area contributed by atoms with Crippen molar-refractivity contribution in [1.29, 1.82) is 0 Å². The van der Waals surface area contributed by atoms with Crippen molar-refractivity contribution in [3.8, 4) is 17.0 Å². The summed E-state index contributed by atoms with van der Waals surface area (Å²) < 4.78 is 1.90. The fraction of sp³-hybridized carbons (Fsp3) is 0.0769. The summed E-state index contributed by atoms with van der Waals surface area (Å²) in [6.45, 7) is 0. The predicted octanol–water partition coefficient (Wildman–Crippen LogP) is 2.99. The van der Waals surface area contributed by atoms with Crippen LogP contribution < -0.4 is 0 Å². The van der Waals surface area contributed by atoms with Gasteiger partial charge in [0.15, 0.2) is 0 Å². The van der Waals surface area contributed by atoms with Gasteiger partial charge >= 0.3 is 0 Å². The Morgan fingerprint density at radius 3 is 2.56 bits per heavy atom. The molecule has 90 valence electrons. The predicted molar refractivity (Wildman–Crippen MR) is 70.6 cm³/mol. The molecule has 0 saturated carbocycles. The van der Waals surface area contributed by atoms with Gasteiger partial charge in [-0.25, -0.2) is 4.98 Å². The van der Waals surface area contributed by atoms with Crippen LogP contribution in [0.1, 0.15) is 0 Å². The highest BCUT2D eigenvalue weighted by molar-refractivity contribution is 6.28. The largest absolute Gasteiger partial charge is 0.508 e. The van der Waals surface area contributed by atoms with E-state index in [1.54, 1.807) is 24.3 Å². The molecule has 0 aliphatic rings. The van der Waals surface area contributed by atoms with Crippen molar-refractivity contribution in [2.75, 3.05) is 0 Å². The smallest absolute Gasteiger partial charge is 0.224 e. The lowest BCUT2D eigenvalue weighted by atomic mass is 10.1. The van der Waals surface area contributed by atoms with Crippen LogP contribution in [-0.4, -0.2) is 19.6 Å². The molecule has 0 bridgehead atoms. The molecule has 0 fully saturated rings. The fourth-order valence-electron chi connectivity index (χ4n) is 1.95. The highest BCUT2D eigenvalue weighted by Crippen LogP contribution is 2.28. The number of aryl methyl sites for hydroxylation is 1. The van der Waals surface area contributed by atoms with Crippen LogP contribution in [0.4, 0.5) is 0 Å². The van der Waals surface area contributed by atoms with Crippen LogP contribution in [0.15, 0.2) is 36.5 Å². The molecule has 0 aliphatic heterocycles. The molecule has 3 rings (SSSR count). The van der Waals surface area contributed by atoms with E-state index in [0.717, 1.165) is 22.3 Å². The molecule has 2 heterocycles. The number of nitrogens with zero attached hydrogens (tertiary/aromatic N) is 3. The summed E-state index contributed by atoms with van der Waals surface area (Å²) in [5.41, 5.74) is 2.46. The summed E-state index contributed by atoms with van der Waals surface area (Å²) in [6, 6.07) is 8.81. The molecule has 0 atom stereocenters. The Morgan fingerprint density at radius 2 is 1.83 bits per heavy atom. The molecule has 0 aliphatic carbocycles. The number of aromatic nitrogens is 3. The molecule has 3 aromatic rings. The van der Waals surface area contributed by atoms with E-state index >= 15 is 0 Å². The maximum atomic E-state index is 9.31. The molecule has 0 saturated heterocycles. The van der Waals surface area contributed by atoms with Crippen molar-refractivity contribution in [3.63, 3.8) is 0 Å². The number of phenolic OH excluding ortho intramolecular Hbond substituents is 1. The molecule has 0 unspecified atom stereocenters. The van der Waals surface area contributed by atoms with Crippen molar-refractivity contribution >= 4 is 22.6 Å². The number of rotatable bonds is 1. The Morgan fingerprint density at radius 1 is 1.11 bits per heavy atom. The first-order valence-electron chi connectivity index (χ1n) is 5.43. The van der Waals surface area contributed by atoms with Crippen LogP contribution in [0.25, 0.3) is 22.3 Å². The summed E-state index contributed by atoms with van der Waals surface area (Å²) >= 11 is 5.95. The molecular weight excluding hydrogens is 250 g/mol. The van der Waals surface area contributed by atoms with E-state index < -0.39 is 0 Å². The van der Waals surface area contributed by atoms with E-state index in [-0.39, 0.29) is 11.0 Å². The van der Waals surface area contributed by atoms with Crippen LogP contribution in [0, 0.1) is 0 Å². The van der Waals surface area contributed by atoms with Gasteiger partial charge in [0.2, 0.25) is 5.28 Å². The second-order valence-corrected chi connectivity index (χ2v) is 4.39. The van der Waals surface area contributed by atoms with Crippen molar-refractivity contribution < 1.29 is 5.11 Å². The van der Waals surface area contributed by atoms with Gasteiger partial charge in [-0.3, -0.25) is 0 Å². The first kappa shape index (κ1) is 11.0. The number of aromatic hydroxyl groups is 1. The maximum absolute atomic E-state index is 9.31. The molecule has 0 spiro atoms. The molecular formula is C13H10ClN3O. The Bertz CT molecular complexity index is 719. The van der Waals surface area contributed by atoms with Crippen LogP contribution in [0.5, 0.6) is 5.75 Å². The average Bonchev–Trinajstić information content (AvgIpc) is 2.71. The van der Waals surface area contributed by atoms with Crippen molar-refractivity contribution in [1.82, 2.24) is 14.5 Å². The van der Waals surface area contributed by atoms with Gasteiger partial charge in [-0.05, 0) is 41.9 Å². The Labute approximate surface area is 108 Å². The lowest BCUT2D eigenvalue weighted by molar-refractivity contribution is 0.475. The third-order valence-electron chi connectivity index (χ3n) is 2.84. The zero-order valence-electron chi connectivity index (χ0n) is 9.63. The van der Waals surface area contributed by atoms with Crippen LogP contribution >= 0.6 is 11.6 Å². The van der Waals surface area contributed by atoms with Gasteiger partial charge < -0.3 is 9.67 Å². The maximum Gasteiger partial charge on any atom is 0.224 e. The van der Waals surface area contributed by atoms with Crippen LogP contribution in [0.2, 0.25) is 5.28 Å². The third-order valence-corrected chi connectivity index (χ3v) is 3.01. The van der Waals surface area contributed by atoms with Crippen LogP contribution in [-0.2, 0) is 7.05 Å². The summed E-state index contributed by atoms with van der Waals surface area (Å²) in [7, 11) is 1.91. The number of hydrogen-bond donors (Lipinski definition) is 1. The van der Waals surface area contributed by atoms with E-state index in [1.165, 1.54) is 0 Å². The van der Waals surface area contributed by atoms with E-state index in [4.69, 9.17) is 11.6 Å². The van der Waals surface area contributed by atoms with E-state index in [0.29, 0.717) is 0 Å². The van der Waals surface area contributed by atoms with Crippen LogP contribution in [0.3, 0.4) is 0 Å². The molecule has 0 radical (unpaired) electrons. The number of benzene rings is 1. The fourth-order valence-corrected chi connectivity index (χ4v) is 2.11. The second kappa shape index (κ2) is 3.99. The zero-order valence-corrected chi connectivity index (χ0v) is 10.4. The molecule has 1 N–H and O–H groups in total. The molecule has 0 amide bonds. The minimum atomic E-state index is 0.215. The van der Waals surface area contributed by atoms with Crippen molar-refractivity contribution in [2.45, 2.75) is 0 Å². The zero-order chi connectivity index (χ0) is 12.7. The molecule has 4 nitrogen and oxygen atoms in total. The first-order chi connectivity index (χ1) is 8.65. The van der Waals surface area contributed by atoms with Crippen molar-refractivity contribution in [3.05, 3.63) is 41.8 Å². The lowest BCUT2D eigenvalue weighted by Crippen LogP contribution is -1.93. The quantitative estimate of drug-likeness (QED) is 0.684. The summed E-state index contributed by atoms with van der Waals surface area (Å²) in [6.07, 6.45) is 1.92. The number of fused-ring (bicyclic) bond motifs is 1. The number of phenols is 1. The van der Waals surface area contributed by atoms with E-state index in [9.17, 15) is 5.11 Å². The molecule has 1 aromatic carbocycles. The van der Waals surface area contributed by atoms with Gasteiger partial charge in [0, 0.05) is 24.2 Å². The van der Waals surface area contributed by atoms with E-state index in [1.807, 2.05) is 23.9 Å². The summed E-state index contributed by atoms with van der Waals surface area (Å²) in [5, 5.41) is 10.5. The highest BCUT2D eigenvalue weighted by atomic mass is 35.5. The van der Waals surface area contributed by atoms with Gasteiger partial charge in [-0.1, -0.05) is 0 Å². The van der Waals surface area contributed by atoms with Gasteiger partial charge in [0.25, 0.3) is 0 Å². The minimum Gasteiger partial charge on any atom is -0.508 e. The Balaban J connectivity index is 2.31. The van der Waals surface area contributed by atoms with Gasteiger partial charge in [0.05, 0.1) is 5.69 Å². The molecule has 2 aromatic heterocycles. The average molecular weight is 260 g/mol. The Kier molecular flexibility index (Phi) is 2.45. The third kappa shape index (κ3) is 1.71. The first-order valence-corrected chi connectivity index (χ1v) is 5.81. The molecule has 18 heavy (non-hydrogen) atoms. The second-order valence-electron chi connectivity index (χ2n) is 4.05. The lowest BCUT2D eigenvalue weighted by Gasteiger charge is -2.04. The topological polar surface area (TPSA) is 50.9 Å². The summed E-state index contributed by atoms with van der Waals surface area (Å²) in [4.78, 5) is 8.48. The van der Waals surface area contributed by atoms with Gasteiger partial charge in [-0.15, -0.1) is 0 Å². The van der Waals surface area contributed by atoms with E-state index in [2.05, 4.69) is 9.97 Å². The van der Waals surface area contributed by atoms with Gasteiger partial charge in [-0.2, -0.15) is 4.98 Å². The SMILES string of the molecule is Cn1ccc2c(-c3ccc(O)cc3)nc(Cl)nc21.